The minimum atomic E-state index is -0.946. The zero-order chi connectivity index (χ0) is 44.2. The van der Waals surface area contributed by atoms with Crippen molar-refractivity contribution in [2.45, 2.75) is 89.3 Å². The molecule has 1 spiro atoms. The molecule has 3 amide bonds. The van der Waals surface area contributed by atoms with Gasteiger partial charge in [-0.05, 0) is 72.7 Å². The second kappa shape index (κ2) is 17.0. The first-order valence-electron chi connectivity index (χ1n) is 21.9. The van der Waals surface area contributed by atoms with E-state index in [1.165, 1.54) is 26.9 Å². The Labute approximate surface area is 365 Å². The molecule has 3 aromatic carbocycles. The van der Waals surface area contributed by atoms with Gasteiger partial charge in [0.25, 0.3) is 0 Å². The van der Waals surface area contributed by atoms with Gasteiger partial charge < -0.3 is 48.8 Å². The van der Waals surface area contributed by atoms with E-state index in [2.05, 4.69) is 57.7 Å². The number of hydrogen-bond acceptors (Lipinski definition) is 11. The van der Waals surface area contributed by atoms with Gasteiger partial charge in [-0.1, -0.05) is 50.2 Å². The molecule has 4 aliphatic rings. The normalized spacial score (nSPS) is 20.6. The van der Waals surface area contributed by atoms with Crippen molar-refractivity contribution in [2.75, 3.05) is 47.6 Å². The van der Waals surface area contributed by atoms with Gasteiger partial charge >= 0.3 is 12.1 Å². The third-order valence-electron chi connectivity index (χ3n) is 13.4. The standard InChI is InChI=1S/C47H55N7O9/c1-25(2)39(52-46(58)61-6)45(57)53-17-7-8-36(53)42-48-34-15-11-29-20-27(9-13-31(29)40(34)50-42)28-10-14-32-30(21-28)12-16-35-41(32)51-43(49-35)37-23-47(62-18-19-63-47)24-54(37)44(56)33(26(3)59-4)22-38(55)60-5/h9-11,13-15,20-21,25-26,33,36-37,39H,7-8,12,16-19,22-24H2,1-6H3,(H,48,50)(H,49,51)(H,52,58)/t26-,33+,36+,37+,39+/m1/s1. The predicted molar refractivity (Wildman–Crippen MR) is 232 cm³/mol. The summed E-state index contributed by atoms with van der Waals surface area (Å²) in [6, 6.07) is 15.7. The monoisotopic (exact) mass is 861 g/mol. The zero-order valence-corrected chi connectivity index (χ0v) is 36.6. The Hall–Kier alpha value is -5.84. The van der Waals surface area contributed by atoms with Crippen molar-refractivity contribution in [3.63, 3.8) is 0 Å². The average molecular weight is 862 g/mol. The lowest BCUT2D eigenvalue weighted by Crippen LogP contribution is -2.51. The van der Waals surface area contributed by atoms with Crippen LogP contribution in [0.25, 0.3) is 44.2 Å². The molecule has 16 heteroatoms. The number of fused-ring (bicyclic) bond motifs is 6. The second-order valence-corrected chi connectivity index (χ2v) is 17.5. The molecule has 5 aromatic rings. The molecule has 0 saturated carbocycles. The quantitative estimate of drug-likeness (QED) is 0.129. The number of benzene rings is 3. The number of carbonyl (C=O) groups is 4. The number of H-pyrrole nitrogens is 2. The summed E-state index contributed by atoms with van der Waals surface area (Å²) >= 11 is 0. The van der Waals surface area contributed by atoms with Gasteiger partial charge in [-0.2, -0.15) is 0 Å². The molecular formula is C47H55N7O9. The zero-order valence-electron chi connectivity index (χ0n) is 36.6. The van der Waals surface area contributed by atoms with Gasteiger partial charge in [0.05, 0.1) is 81.2 Å². The molecule has 3 saturated heterocycles. The molecule has 1 aliphatic carbocycles. The highest BCUT2D eigenvalue weighted by Crippen LogP contribution is 2.45. The van der Waals surface area contributed by atoms with Gasteiger partial charge in [-0.3, -0.25) is 14.4 Å². The van der Waals surface area contributed by atoms with Crippen molar-refractivity contribution in [1.82, 2.24) is 35.1 Å². The Kier molecular flexibility index (Phi) is 11.5. The smallest absolute Gasteiger partial charge is 0.407 e. The lowest BCUT2D eigenvalue weighted by Gasteiger charge is -2.30. The van der Waals surface area contributed by atoms with Crippen molar-refractivity contribution < 1.29 is 42.9 Å². The summed E-state index contributed by atoms with van der Waals surface area (Å²) in [4.78, 5) is 73.5. The van der Waals surface area contributed by atoms with Crippen LogP contribution in [0.15, 0.2) is 48.5 Å². The topological polar surface area (TPSA) is 190 Å². The van der Waals surface area contributed by atoms with Gasteiger partial charge in [-0.15, -0.1) is 0 Å². The highest BCUT2D eigenvalue weighted by molar-refractivity contribution is 6.05. The van der Waals surface area contributed by atoms with Gasteiger partial charge in [0.15, 0.2) is 5.79 Å². The van der Waals surface area contributed by atoms with Crippen LogP contribution in [0.3, 0.4) is 0 Å². The molecule has 332 valence electrons. The third-order valence-corrected chi connectivity index (χ3v) is 13.4. The van der Waals surface area contributed by atoms with E-state index in [9.17, 15) is 19.2 Å². The van der Waals surface area contributed by atoms with Crippen LogP contribution in [0.5, 0.6) is 0 Å². The maximum atomic E-state index is 14.3. The predicted octanol–water partition coefficient (Wildman–Crippen LogP) is 6.15. The molecular weight excluding hydrogens is 807 g/mol. The number of alkyl carbamates (subject to hydrolysis) is 1. The van der Waals surface area contributed by atoms with Crippen molar-refractivity contribution >= 4 is 45.7 Å². The maximum Gasteiger partial charge on any atom is 0.407 e. The van der Waals surface area contributed by atoms with E-state index < -0.39 is 42.0 Å². The first-order chi connectivity index (χ1) is 30.4. The molecule has 5 atom stereocenters. The van der Waals surface area contributed by atoms with Gasteiger partial charge in [0.2, 0.25) is 11.8 Å². The summed E-state index contributed by atoms with van der Waals surface area (Å²) in [5, 5.41) is 4.78. The van der Waals surface area contributed by atoms with E-state index in [1.54, 1.807) is 11.8 Å². The highest BCUT2D eigenvalue weighted by Gasteiger charge is 2.53. The van der Waals surface area contributed by atoms with Crippen LogP contribution in [0.1, 0.15) is 81.4 Å². The molecule has 9 rings (SSSR count). The van der Waals surface area contributed by atoms with Crippen LogP contribution in [-0.2, 0) is 50.9 Å². The number of hydrogen-bond donors (Lipinski definition) is 3. The number of rotatable bonds is 11. The van der Waals surface area contributed by atoms with E-state index in [4.69, 9.17) is 33.7 Å². The summed E-state index contributed by atoms with van der Waals surface area (Å²) in [7, 11) is 4.14. The molecule has 2 aromatic heterocycles. The first kappa shape index (κ1) is 42.5. The number of aromatic amines is 2. The summed E-state index contributed by atoms with van der Waals surface area (Å²) in [6.07, 6.45) is 2.32. The second-order valence-electron chi connectivity index (χ2n) is 17.5. The van der Waals surface area contributed by atoms with Crippen LogP contribution in [0, 0.1) is 11.8 Å². The number of amides is 3. The number of likely N-dealkylation sites (tertiary alicyclic amines) is 2. The Morgan fingerprint density at radius 3 is 2.38 bits per heavy atom. The molecule has 0 unspecified atom stereocenters. The first-order valence-corrected chi connectivity index (χ1v) is 21.9. The van der Waals surface area contributed by atoms with E-state index in [0.717, 1.165) is 81.4 Å². The lowest BCUT2D eigenvalue weighted by molar-refractivity contribution is -0.158. The van der Waals surface area contributed by atoms with Crippen molar-refractivity contribution in [3.05, 3.63) is 71.4 Å². The summed E-state index contributed by atoms with van der Waals surface area (Å²) in [5.74, 6) is -1.29. The SMILES string of the molecule is COC(=O)C[C@H](C(=O)N1CC2(C[C@H]1c1nc3c([nH]1)CCc1cc(-c4ccc5c(ccc6[nH]c([C@@H]7CCCN7C(=O)[C@@H](NC(=O)OC)C(C)C)nc65)c4)ccc1-3)OCCO2)[C@@H](C)OC. The number of imidazole rings is 2. The van der Waals surface area contributed by atoms with Crippen molar-refractivity contribution in [1.29, 1.82) is 0 Å². The van der Waals surface area contributed by atoms with Gasteiger partial charge in [0, 0.05) is 36.7 Å². The fraction of sp³-hybridized carbons (Fsp3) is 0.489. The number of esters is 1. The molecule has 3 aliphatic heterocycles. The number of aryl methyl sites for hydroxylation is 2. The van der Waals surface area contributed by atoms with E-state index in [1.807, 2.05) is 24.8 Å². The lowest BCUT2D eigenvalue weighted by atomic mass is 9.89. The van der Waals surface area contributed by atoms with Crippen LogP contribution in [0.2, 0.25) is 0 Å². The minimum absolute atomic E-state index is 0.111. The van der Waals surface area contributed by atoms with E-state index in [-0.39, 0.29) is 36.7 Å². The highest BCUT2D eigenvalue weighted by atomic mass is 16.7. The van der Waals surface area contributed by atoms with Crippen LogP contribution >= 0.6 is 0 Å². The number of nitrogens with one attached hydrogen (secondary N) is 3. The molecule has 5 heterocycles. The van der Waals surface area contributed by atoms with Crippen LogP contribution in [0.4, 0.5) is 4.79 Å². The van der Waals surface area contributed by atoms with Crippen molar-refractivity contribution in [2.24, 2.45) is 11.8 Å². The summed E-state index contributed by atoms with van der Waals surface area (Å²) in [5.41, 5.74) is 8.03. The third kappa shape index (κ3) is 7.82. The van der Waals surface area contributed by atoms with Gasteiger partial charge in [-0.25, -0.2) is 14.8 Å². The molecule has 0 radical (unpaired) electrons. The Morgan fingerprint density at radius 1 is 0.873 bits per heavy atom. The molecule has 3 fully saturated rings. The Morgan fingerprint density at radius 2 is 1.63 bits per heavy atom. The number of ether oxygens (including phenoxy) is 5. The van der Waals surface area contributed by atoms with Gasteiger partial charge in [0.1, 0.15) is 17.7 Å². The number of methoxy groups -OCH3 is 3. The average Bonchev–Trinajstić information content (AvgIpc) is 4.16. The van der Waals surface area contributed by atoms with Crippen LogP contribution in [-0.4, -0.2) is 119 Å². The largest absolute Gasteiger partial charge is 0.469 e. The number of aromatic nitrogens is 4. The molecule has 0 bridgehead atoms. The Bertz CT molecular complexity index is 2580. The fourth-order valence-electron chi connectivity index (χ4n) is 9.93. The van der Waals surface area contributed by atoms with E-state index >= 15 is 0 Å². The Balaban J connectivity index is 0.969. The number of nitrogens with zero attached hydrogens (tertiary/aromatic N) is 4. The summed E-state index contributed by atoms with van der Waals surface area (Å²) < 4.78 is 27.5. The van der Waals surface area contributed by atoms with E-state index in [0.29, 0.717) is 32.0 Å². The van der Waals surface area contributed by atoms with Crippen molar-refractivity contribution in [3.8, 4) is 22.4 Å². The minimum Gasteiger partial charge on any atom is -0.469 e. The van der Waals surface area contributed by atoms with Crippen LogP contribution < -0.4 is 5.32 Å². The fourth-order valence-corrected chi connectivity index (χ4v) is 9.93. The summed E-state index contributed by atoms with van der Waals surface area (Å²) in [6.45, 7) is 7.27. The number of carbonyl (C=O) groups excluding carboxylic acids is 4. The molecule has 16 nitrogen and oxygen atoms in total. The molecule has 63 heavy (non-hydrogen) atoms. The molecule has 3 N–H and O–H groups in total. The maximum absolute atomic E-state index is 14.3.